The predicted molar refractivity (Wildman–Crippen MR) is 83.7 cm³/mol. The van der Waals surface area contributed by atoms with E-state index in [9.17, 15) is 10.1 Å². The van der Waals surface area contributed by atoms with Crippen LogP contribution in [-0.4, -0.2) is 61.0 Å². The number of rotatable bonds is 5. The first-order chi connectivity index (χ1) is 9.97. The van der Waals surface area contributed by atoms with Crippen molar-refractivity contribution in [1.82, 2.24) is 15.1 Å². The van der Waals surface area contributed by atoms with Gasteiger partial charge >= 0.3 is 0 Å². The van der Waals surface area contributed by atoms with Crippen LogP contribution >= 0.6 is 11.6 Å². The van der Waals surface area contributed by atoms with Crippen LogP contribution in [0.15, 0.2) is 18.2 Å². The van der Waals surface area contributed by atoms with E-state index < -0.39 is 0 Å². The maximum Gasteiger partial charge on any atom is 0.275 e. The predicted octanol–water partition coefficient (Wildman–Crippen LogP) is 1.58. The van der Waals surface area contributed by atoms with Gasteiger partial charge in [-0.3, -0.25) is 15.0 Å². The molecule has 21 heavy (non-hydrogen) atoms. The second kappa shape index (κ2) is 7.17. The SMILES string of the molecule is CN1CCN(C)C(CNCc2ccc(Cl)cc2[N+](=O)[O-])C1. The maximum atomic E-state index is 11.0. The lowest BCUT2D eigenvalue weighted by Gasteiger charge is -2.37. The molecule has 0 saturated carbocycles. The smallest absolute Gasteiger partial charge is 0.275 e. The Bertz CT molecular complexity index is 512. The third-order valence-electron chi connectivity index (χ3n) is 3.92. The average molecular weight is 313 g/mol. The first kappa shape index (κ1) is 16.2. The molecule has 1 heterocycles. The van der Waals surface area contributed by atoms with Gasteiger partial charge in [0.15, 0.2) is 0 Å². The van der Waals surface area contributed by atoms with Crippen LogP contribution in [0.2, 0.25) is 5.02 Å². The highest BCUT2D eigenvalue weighted by Gasteiger charge is 2.22. The molecule has 1 aliphatic rings. The third kappa shape index (κ3) is 4.38. The van der Waals surface area contributed by atoms with E-state index in [1.54, 1.807) is 12.1 Å². The Morgan fingerprint density at radius 2 is 2.19 bits per heavy atom. The van der Waals surface area contributed by atoms with Crippen LogP contribution in [0.4, 0.5) is 5.69 Å². The fraction of sp³-hybridized carbons (Fsp3) is 0.571. The molecule has 7 heteroatoms. The highest BCUT2D eigenvalue weighted by molar-refractivity contribution is 6.30. The molecule has 1 saturated heterocycles. The lowest BCUT2D eigenvalue weighted by molar-refractivity contribution is -0.385. The van der Waals surface area contributed by atoms with Gasteiger partial charge < -0.3 is 10.2 Å². The maximum absolute atomic E-state index is 11.0. The minimum absolute atomic E-state index is 0.0733. The van der Waals surface area contributed by atoms with Gasteiger partial charge in [0.05, 0.1) is 4.92 Å². The third-order valence-corrected chi connectivity index (χ3v) is 4.15. The molecule has 1 aromatic rings. The Labute approximate surface area is 129 Å². The summed E-state index contributed by atoms with van der Waals surface area (Å²) in [5.74, 6) is 0. The van der Waals surface area contributed by atoms with Gasteiger partial charge in [0.1, 0.15) is 0 Å². The van der Waals surface area contributed by atoms with Crippen molar-refractivity contribution in [1.29, 1.82) is 0 Å². The van der Waals surface area contributed by atoms with Gasteiger partial charge in [0.2, 0.25) is 0 Å². The summed E-state index contributed by atoms with van der Waals surface area (Å²) in [6, 6.07) is 5.23. The van der Waals surface area contributed by atoms with E-state index >= 15 is 0 Å². The quantitative estimate of drug-likeness (QED) is 0.661. The summed E-state index contributed by atoms with van der Waals surface area (Å²) in [5, 5.41) is 14.7. The fourth-order valence-corrected chi connectivity index (χ4v) is 2.72. The molecule has 1 aliphatic heterocycles. The standard InChI is InChI=1S/C14H21ClN4O2/c1-17-5-6-18(2)13(10-17)9-16-8-11-3-4-12(15)7-14(11)19(20)21/h3-4,7,13,16H,5-6,8-10H2,1-2H3. The second-order valence-electron chi connectivity index (χ2n) is 5.56. The van der Waals surface area contributed by atoms with Crippen LogP contribution in [0.3, 0.4) is 0 Å². The summed E-state index contributed by atoms with van der Waals surface area (Å²) in [4.78, 5) is 15.3. The zero-order chi connectivity index (χ0) is 15.4. The summed E-state index contributed by atoms with van der Waals surface area (Å²) in [5.41, 5.74) is 0.736. The van der Waals surface area contributed by atoms with Gasteiger partial charge in [-0.25, -0.2) is 0 Å². The van der Waals surface area contributed by atoms with E-state index in [2.05, 4.69) is 29.2 Å². The van der Waals surface area contributed by atoms with Crippen molar-refractivity contribution < 1.29 is 4.92 Å². The van der Waals surface area contributed by atoms with Crippen LogP contribution in [0.5, 0.6) is 0 Å². The van der Waals surface area contributed by atoms with Crippen LogP contribution in [0.25, 0.3) is 0 Å². The fourth-order valence-electron chi connectivity index (χ4n) is 2.55. The van der Waals surface area contributed by atoms with E-state index in [4.69, 9.17) is 11.6 Å². The molecule has 0 aromatic heterocycles. The van der Waals surface area contributed by atoms with E-state index in [0.29, 0.717) is 23.2 Å². The van der Waals surface area contributed by atoms with Crippen molar-refractivity contribution in [2.75, 3.05) is 40.3 Å². The Hall–Kier alpha value is -1.21. The zero-order valence-corrected chi connectivity index (χ0v) is 13.1. The molecule has 1 aromatic carbocycles. The summed E-state index contributed by atoms with van der Waals surface area (Å²) in [7, 11) is 4.23. The molecule has 0 bridgehead atoms. The second-order valence-corrected chi connectivity index (χ2v) is 5.99. The monoisotopic (exact) mass is 312 g/mol. The van der Waals surface area contributed by atoms with E-state index in [1.807, 2.05) is 0 Å². The highest BCUT2D eigenvalue weighted by atomic mass is 35.5. The van der Waals surface area contributed by atoms with Crippen molar-refractivity contribution in [2.24, 2.45) is 0 Å². The van der Waals surface area contributed by atoms with Crippen LogP contribution in [0, 0.1) is 10.1 Å². The number of benzene rings is 1. The number of hydrogen-bond donors (Lipinski definition) is 1. The molecule has 2 rings (SSSR count). The lowest BCUT2D eigenvalue weighted by Crippen LogP contribution is -2.53. The number of nitro groups is 1. The largest absolute Gasteiger partial charge is 0.311 e. The van der Waals surface area contributed by atoms with Gasteiger partial charge in [0, 0.05) is 55.4 Å². The minimum atomic E-state index is -0.386. The van der Waals surface area contributed by atoms with Gasteiger partial charge in [0.25, 0.3) is 5.69 Å². The summed E-state index contributed by atoms with van der Waals surface area (Å²) in [6.45, 7) is 4.41. The molecule has 1 fully saturated rings. The van der Waals surface area contributed by atoms with Crippen molar-refractivity contribution >= 4 is 17.3 Å². The number of halogens is 1. The number of piperazine rings is 1. The number of nitrogens with zero attached hydrogens (tertiary/aromatic N) is 3. The lowest BCUT2D eigenvalue weighted by atomic mass is 10.1. The average Bonchev–Trinajstić information content (AvgIpc) is 2.44. The van der Waals surface area contributed by atoms with Gasteiger partial charge in [-0.05, 0) is 26.2 Å². The summed E-state index contributed by atoms with van der Waals surface area (Å²) < 4.78 is 0. The van der Waals surface area contributed by atoms with Crippen molar-refractivity contribution in [3.63, 3.8) is 0 Å². The van der Waals surface area contributed by atoms with Crippen LogP contribution in [0.1, 0.15) is 5.56 Å². The topological polar surface area (TPSA) is 61.6 Å². The number of likely N-dealkylation sites (N-methyl/N-ethyl adjacent to an activating group) is 2. The molecular formula is C14H21ClN4O2. The van der Waals surface area contributed by atoms with Gasteiger partial charge in [-0.2, -0.15) is 0 Å². The Kier molecular flexibility index (Phi) is 5.52. The van der Waals surface area contributed by atoms with Crippen LogP contribution in [-0.2, 0) is 6.54 Å². The van der Waals surface area contributed by atoms with E-state index in [-0.39, 0.29) is 10.6 Å². The highest BCUT2D eigenvalue weighted by Crippen LogP contribution is 2.23. The molecule has 0 radical (unpaired) electrons. The molecule has 0 amide bonds. The van der Waals surface area contributed by atoms with Crippen molar-refractivity contribution in [3.8, 4) is 0 Å². The Morgan fingerprint density at radius 1 is 1.43 bits per heavy atom. The molecule has 0 aliphatic carbocycles. The molecular weight excluding hydrogens is 292 g/mol. The number of nitrogens with one attached hydrogen (secondary N) is 1. The minimum Gasteiger partial charge on any atom is -0.311 e. The molecule has 1 atom stereocenters. The van der Waals surface area contributed by atoms with Gasteiger partial charge in [-0.1, -0.05) is 11.6 Å². The first-order valence-electron chi connectivity index (χ1n) is 6.99. The summed E-state index contributed by atoms with van der Waals surface area (Å²) in [6.07, 6.45) is 0. The van der Waals surface area contributed by atoms with Crippen molar-refractivity contribution in [3.05, 3.63) is 38.9 Å². The van der Waals surface area contributed by atoms with Gasteiger partial charge in [-0.15, -0.1) is 0 Å². The number of nitro benzene ring substituents is 1. The molecule has 0 spiro atoms. The molecule has 1 N–H and O–H groups in total. The normalized spacial score (nSPS) is 20.6. The van der Waals surface area contributed by atoms with Crippen LogP contribution < -0.4 is 5.32 Å². The summed E-state index contributed by atoms with van der Waals surface area (Å²) >= 11 is 5.81. The first-order valence-corrected chi connectivity index (χ1v) is 7.37. The zero-order valence-electron chi connectivity index (χ0n) is 12.4. The number of hydrogen-bond acceptors (Lipinski definition) is 5. The van der Waals surface area contributed by atoms with E-state index in [1.165, 1.54) is 6.07 Å². The Morgan fingerprint density at radius 3 is 2.90 bits per heavy atom. The van der Waals surface area contributed by atoms with E-state index in [0.717, 1.165) is 26.2 Å². The Balaban J connectivity index is 1.93. The van der Waals surface area contributed by atoms with Crippen molar-refractivity contribution in [2.45, 2.75) is 12.6 Å². The molecule has 1 unspecified atom stereocenters. The molecule has 116 valence electrons. The molecule has 6 nitrogen and oxygen atoms in total.